The number of hydrogen-bond donors (Lipinski definition) is 0. The maximum Gasteiger partial charge on any atom is 0.387 e. The van der Waals surface area contributed by atoms with Crippen LogP contribution in [0.2, 0.25) is 0 Å². The van der Waals surface area contributed by atoms with Gasteiger partial charge in [0.05, 0.1) is 0 Å². The highest BCUT2D eigenvalue weighted by Gasteiger charge is 2.12. The molecule has 0 aliphatic carbocycles. The minimum atomic E-state index is -3.09. The Morgan fingerprint density at radius 1 is 0.757 bits per heavy atom. The molecule has 7 heteroatoms. The van der Waals surface area contributed by atoms with E-state index in [1.54, 1.807) is 12.1 Å². The fourth-order valence-corrected chi connectivity index (χ4v) is 4.38. The summed E-state index contributed by atoms with van der Waals surface area (Å²) in [6.07, 6.45) is 10.6. The zero-order valence-electron chi connectivity index (χ0n) is 20.8. The van der Waals surface area contributed by atoms with Crippen LogP contribution in [0.3, 0.4) is 0 Å². The van der Waals surface area contributed by atoms with E-state index in [1.165, 1.54) is 25.0 Å². The Kier molecular flexibility index (Phi) is 9.09. The molecule has 4 rings (SSSR count). The zero-order chi connectivity index (χ0) is 26.2. The summed E-state index contributed by atoms with van der Waals surface area (Å²) in [4.78, 5) is 8.99. The molecule has 1 heterocycles. The Labute approximate surface area is 214 Å². The van der Waals surface area contributed by atoms with Crippen molar-refractivity contribution >= 4 is 10.8 Å². The predicted octanol–water partition coefficient (Wildman–Crippen LogP) is 7.81. The summed E-state index contributed by atoms with van der Waals surface area (Å²) >= 11 is 0. The van der Waals surface area contributed by atoms with Crippen LogP contribution in [0.5, 0.6) is 5.75 Å². The van der Waals surface area contributed by atoms with Crippen molar-refractivity contribution in [3.63, 3.8) is 0 Å². The average molecular weight is 511 g/mol. The minimum absolute atomic E-state index is 0.302. The largest absolute Gasteiger partial charge is 0.432 e. The average Bonchev–Trinajstić information content (AvgIpc) is 2.89. The van der Waals surface area contributed by atoms with Gasteiger partial charge < -0.3 is 4.74 Å². The van der Waals surface area contributed by atoms with E-state index in [0.717, 1.165) is 47.7 Å². The predicted molar refractivity (Wildman–Crippen MR) is 137 cm³/mol. The van der Waals surface area contributed by atoms with E-state index >= 15 is 4.39 Å². The Balaban J connectivity index is 1.37. The second-order valence-electron chi connectivity index (χ2n) is 9.20. The number of rotatable bonds is 12. The van der Waals surface area contributed by atoms with Gasteiger partial charge in [0.2, 0.25) is 0 Å². The van der Waals surface area contributed by atoms with Gasteiger partial charge in [-0.05, 0) is 71.9 Å². The van der Waals surface area contributed by atoms with Crippen LogP contribution in [-0.2, 0) is 32.1 Å². The Bertz CT molecular complexity index is 1330. The molecule has 0 saturated carbocycles. The standard InChI is InChI=1S/C30H30F4N2O/c1-2-3-4-5-22-18-35-28(36-19-22)15-9-20-7-13-25-24(16-20)12-11-23(29(25)32)10-6-21-8-14-27(26(31)17-21)37-30(33)34/h7-8,11-14,16-19,30H,2-6,9-10,15H2,1H3. The number of benzene rings is 3. The van der Waals surface area contributed by atoms with Crippen LogP contribution < -0.4 is 4.74 Å². The number of aromatic nitrogens is 2. The molecule has 0 aliphatic rings. The molecule has 3 aromatic carbocycles. The van der Waals surface area contributed by atoms with Gasteiger partial charge in [0.25, 0.3) is 0 Å². The maximum atomic E-state index is 15.2. The molecule has 194 valence electrons. The van der Waals surface area contributed by atoms with Crippen LogP contribution in [0.15, 0.2) is 60.9 Å². The lowest BCUT2D eigenvalue weighted by molar-refractivity contribution is -0.0522. The molecule has 0 saturated heterocycles. The SMILES string of the molecule is CCCCCc1cnc(CCc2ccc3c(F)c(CCc4ccc(OC(F)F)c(F)c4)ccc3c2)nc1. The molecule has 1 aromatic heterocycles. The highest BCUT2D eigenvalue weighted by molar-refractivity contribution is 5.84. The summed E-state index contributed by atoms with van der Waals surface area (Å²) < 4.78 is 57.9. The van der Waals surface area contributed by atoms with Gasteiger partial charge in [-0.2, -0.15) is 8.78 Å². The third kappa shape index (κ3) is 7.28. The van der Waals surface area contributed by atoms with E-state index in [1.807, 2.05) is 30.6 Å². The molecule has 0 N–H and O–H groups in total. The number of nitrogens with zero attached hydrogens (tertiary/aromatic N) is 2. The molecule has 37 heavy (non-hydrogen) atoms. The zero-order valence-corrected chi connectivity index (χ0v) is 20.8. The third-order valence-corrected chi connectivity index (χ3v) is 6.46. The molecule has 4 aromatic rings. The first-order valence-electron chi connectivity index (χ1n) is 12.7. The highest BCUT2D eigenvalue weighted by Crippen LogP contribution is 2.25. The van der Waals surface area contributed by atoms with Crippen LogP contribution in [0, 0.1) is 11.6 Å². The summed E-state index contributed by atoms with van der Waals surface area (Å²) in [5.41, 5.74) is 3.33. The third-order valence-electron chi connectivity index (χ3n) is 6.46. The second-order valence-corrected chi connectivity index (χ2v) is 9.20. The molecule has 0 aliphatic heterocycles. The van der Waals surface area contributed by atoms with Gasteiger partial charge in [0, 0.05) is 24.2 Å². The highest BCUT2D eigenvalue weighted by atomic mass is 19.3. The van der Waals surface area contributed by atoms with Crippen LogP contribution in [0.4, 0.5) is 17.6 Å². The van der Waals surface area contributed by atoms with Crippen molar-refractivity contribution in [2.45, 2.75) is 64.9 Å². The van der Waals surface area contributed by atoms with Gasteiger partial charge in [-0.15, -0.1) is 0 Å². The number of alkyl halides is 2. The Morgan fingerprint density at radius 2 is 1.49 bits per heavy atom. The fraction of sp³-hybridized carbons (Fsp3) is 0.333. The fourth-order valence-electron chi connectivity index (χ4n) is 4.38. The summed E-state index contributed by atoms with van der Waals surface area (Å²) in [6, 6.07) is 13.1. The first kappa shape index (κ1) is 26.6. The summed E-state index contributed by atoms with van der Waals surface area (Å²) in [6.45, 7) is -0.906. The molecule has 0 bridgehead atoms. The molecule has 0 spiro atoms. The van der Waals surface area contributed by atoms with Crippen molar-refractivity contribution in [1.82, 2.24) is 9.97 Å². The van der Waals surface area contributed by atoms with E-state index in [4.69, 9.17) is 0 Å². The molecule has 0 fully saturated rings. The van der Waals surface area contributed by atoms with Crippen molar-refractivity contribution in [3.05, 3.63) is 101 Å². The number of fused-ring (bicyclic) bond motifs is 1. The number of unbranched alkanes of at least 4 members (excludes halogenated alkanes) is 2. The van der Waals surface area contributed by atoms with Gasteiger partial charge in [0.15, 0.2) is 11.6 Å². The van der Waals surface area contributed by atoms with Crippen LogP contribution in [-0.4, -0.2) is 16.6 Å². The topological polar surface area (TPSA) is 35.0 Å². The first-order valence-corrected chi connectivity index (χ1v) is 12.7. The van der Waals surface area contributed by atoms with E-state index in [9.17, 15) is 13.2 Å². The van der Waals surface area contributed by atoms with Crippen LogP contribution >= 0.6 is 0 Å². The molecular formula is C30H30F4N2O. The lowest BCUT2D eigenvalue weighted by Gasteiger charge is -2.10. The van der Waals surface area contributed by atoms with Gasteiger partial charge >= 0.3 is 6.61 Å². The molecule has 0 radical (unpaired) electrons. The van der Waals surface area contributed by atoms with Crippen molar-refractivity contribution in [3.8, 4) is 5.75 Å². The molecule has 0 atom stereocenters. The van der Waals surface area contributed by atoms with Gasteiger partial charge in [-0.25, -0.2) is 18.7 Å². The summed E-state index contributed by atoms with van der Waals surface area (Å²) in [7, 11) is 0. The van der Waals surface area contributed by atoms with Crippen LogP contribution in [0.1, 0.15) is 54.3 Å². The quantitative estimate of drug-likeness (QED) is 0.144. The van der Waals surface area contributed by atoms with Crippen molar-refractivity contribution in [1.29, 1.82) is 0 Å². The summed E-state index contributed by atoms with van der Waals surface area (Å²) in [5, 5.41) is 1.34. The van der Waals surface area contributed by atoms with E-state index in [2.05, 4.69) is 21.6 Å². The molecule has 3 nitrogen and oxygen atoms in total. The number of ether oxygens (including phenoxy) is 1. The number of halogens is 4. The lowest BCUT2D eigenvalue weighted by Crippen LogP contribution is -2.04. The monoisotopic (exact) mass is 510 g/mol. The van der Waals surface area contributed by atoms with Crippen molar-refractivity contribution < 1.29 is 22.3 Å². The van der Waals surface area contributed by atoms with Crippen LogP contribution in [0.25, 0.3) is 10.8 Å². The molecule has 0 amide bonds. The van der Waals surface area contributed by atoms with Crippen molar-refractivity contribution in [2.24, 2.45) is 0 Å². The molecule has 0 unspecified atom stereocenters. The number of aryl methyl sites for hydroxylation is 5. The first-order chi connectivity index (χ1) is 17.9. The normalized spacial score (nSPS) is 11.4. The summed E-state index contributed by atoms with van der Waals surface area (Å²) in [5.74, 6) is -0.870. The Morgan fingerprint density at radius 3 is 2.22 bits per heavy atom. The molecular weight excluding hydrogens is 480 g/mol. The lowest BCUT2D eigenvalue weighted by atomic mass is 9.98. The van der Waals surface area contributed by atoms with Gasteiger partial charge in [-0.1, -0.05) is 56.2 Å². The van der Waals surface area contributed by atoms with E-state index in [-0.39, 0.29) is 5.82 Å². The Hall–Kier alpha value is -3.48. The van der Waals surface area contributed by atoms with Crippen molar-refractivity contribution in [2.75, 3.05) is 0 Å². The van der Waals surface area contributed by atoms with E-state index < -0.39 is 18.2 Å². The smallest absolute Gasteiger partial charge is 0.387 e. The van der Waals surface area contributed by atoms with Gasteiger partial charge in [-0.3, -0.25) is 0 Å². The second kappa shape index (κ2) is 12.7. The minimum Gasteiger partial charge on any atom is -0.432 e. The van der Waals surface area contributed by atoms with E-state index in [0.29, 0.717) is 35.8 Å². The number of hydrogen-bond acceptors (Lipinski definition) is 3. The van der Waals surface area contributed by atoms with Gasteiger partial charge in [0.1, 0.15) is 11.6 Å². The maximum absolute atomic E-state index is 15.2.